The van der Waals surface area contributed by atoms with E-state index in [1.165, 1.54) is 0 Å². The van der Waals surface area contributed by atoms with E-state index in [0.29, 0.717) is 25.5 Å². The van der Waals surface area contributed by atoms with Gasteiger partial charge in [0.05, 0.1) is 30.8 Å². The fraction of sp³-hybridized carbons (Fsp3) is 0.933. The van der Waals surface area contributed by atoms with Gasteiger partial charge in [0.2, 0.25) is 0 Å². The Morgan fingerprint density at radius 2 is 2.26 bits per heavy atom. The molecule has 134 valence electrons. The van der Waals surface area contributed by atoms with E-state index < -0.39 is 9.84 Å². The third-order valence-corrected chi connectivity index (χ3v) is 5.87. The topological polar surface area (TPSA) is 80.2 Å². The van der Waals surface area contributed by atoms with Gasteiger partial charge in [-0.1, -0.05) is 0 Å². The van der Waals surface area contributed by atoms with Crippen molar-refractivity contribution in [3.05, 3.63) is 0 Å². The van der Waals surface area contributed by atoms with Crippen LogP contribution in [-0.4, -0.2) is 82.9 Å². The quantitative estimate of drug-likeness (QED) is 0.562. The predicted molar refractivity (Wildman–Crippen MR) is 90.5 cm³/mol. The van der Waals surface area contributed by atoms with E-state index in [1.54, 1.807) is 7.11 Å². The lowest BCUT2D eigenvalue weighted by Gasteiger charge is -2.35. The molecule has 7 nitrogen and oxygen atoms in total. The normalized spacial score (nSPS) is 28.3. The van der Waals surface area contributed by atoms with Gasteiger partial charge in [-0.25, -0.2) is 8.42 Å². The molecule has 2 aliphatic rings. The van der Waals surface area contributed by atoms with E-state index in [1.807, 2.05) is 0 Å². The monoisotopic (exact) mass is 347 g/mol. The van der Waals surface area contributed by atoms with Crippen LogP contribution >= 0.6 is 0 Å². The van der Waals surface area contributed by atoms with E-state index in [-0.39, 0.29) is 23.8 Å². The van der Waals surface area contributed by atoms with Gasteiger partial charge in [0.1, 0.15) is 0 Å². The number of methoxy groups -OCH3 is 1. The number of morpholine rings is 1. The highest BCUT2D eigenvalue weighted by molar-refractivity contribution is 7.91. The Balaban J connectivity index is 1.99. The van der Waals surface area contributed by atoms with Crippen molar-refractivity contribution in [3.8, 4) is 0 Å². The van der Waals surface area contributed by atoms with Gasteiger partial charge in [0.25, 0.3) is 0 Å². The maximum atomic E-state index is 11.6. The first-order valence-corrected chi connectivity index (χ1v) is 10.1. The molecule has 2 atom stereocenters. The van der Waals surface area contributed by atoms with Crippen molar-refractivity contribution in [2.75, 3.05) is 51.5 Å². The Morgan fingerprint density at radius 1 is 1.48 bits per heavy atom. The summed E-state index contributed by atoms with van der Waals surface area (Å²) in [6, 6.07) is 0.268. The maximum Gasteiger partial charge on any atom is 0.194 e. The number of sulfone groups is 1. The molecular formula is C15H29N3O4S. The van der Waals surface area contributed by atoms with Crippen LogP contribution in [0.4, 0.5) is 0 Å². The van der Waals surface area contributed by atoms with Crippen LogP contribution in [0.15, 0.2) is 4.99 Å². The van der Waals surface area contributed by atoms with Crippen molar-refractivity contribution in [2.45, 2.75) is 32.4 Å². The molecule has 0 aromatic rings. The molecule has 0 aromatic heterocycles. The lowest BCUT2D eigenvalue weighted by Crippen LogP contribution is -2.53. The number of rotatable bonds is 5. The van der Waals surface area contributed by atoms with E-state index in [2.05, 4.69) is 24.1 Å². The number of hydrogen-bond acceptors (Lipinski definition) is 5. The van der Waals surface area contributed by atoms with E-state index in [9.17, 15) is 8.42 Å². The Bertz CT molecular complexity index is 505. The maximum absolute atomic E-state index is 11.6. The molecule has 23 heavy (non-hydrogen) atoms. The van der Waals surface area contributed by atoms with Crippen molar-refractivity contribution in [1.29, 1.82) is 0 Å². The number of aliphatic imine (C=N–C) groups is 1. The van der Waals surface area contributed by atoms with Crippen molar-refractivity contribution in [2.24, 2.45) is 10.9 Å². The molecule has 0 bridgehead atoms. The Kier molecular flexibility index (Phi) is 6.67. The Morgan fingerprint density at radius 3 is 2.87 bits per heavy atom. The summed E-state index contributed by atoms with van der Waals surface area (Å²) in [4.78, 5) is 6.88. The molecular weight excluding hydrogens is 318 g/mol. The number of nitrogens with zero attached hydrogens (tertiary/aromatic N) is 2. The molecule has 2 fully saturated rings. The van der Waals surface area contributed by atoms with Crippen molar-refractivity contribution < 1.29 is 17.9 Å². The van der Waals surface area contributed by atoms with Crippen LogP contribution < -0.4 is 5.32 Å². The SMILES string of the molecule is COCC1CN(C(=NCC2CCS(=O)(=O)C2)NC(C)C)CCO1. The van der Waals surface area contributed by atoms with Gasteiger partial charge in [-0.05, 0) is 26.2 Å². The second-order valence-corrected chi connectivity index (χ2v) is 8.86. The first-order valence-electron chi connectivity index (χ1n) is 8.26. The summed E-state index contributed by atoms with van der Waals surface area (Å²) in [6.45, 7) is 7.42. The number of nitrogens with one attached hydrogen (secondary N) is 1. The van der Waals surface area contributed by atoms with E-state index >= 15 is 0 Å². The van der Waals surface area contributed by atoms with Crippen molar-refractivity contribution >= 4 is 15.8 Å². The zero-order chi connectivity index (χ0) is 16.9. The van der Waals surface area contributed by atoms with Crippen LogP contribution in [-0.2, 0) is 19.3 Å². The average Bonchev–Trinajstić information content (AvgIpc) is 2.83. The third kappa shape index (κ3) is 5.93. The van der Waals surface area contributed by atoms with Crippen LogP contribution in [0.5, 0.6) is 0 Å². The lowest BCUT2D eigenvalue weighted by atomic mass is 10.1. The zero-order valence-corrected chi connectivity index (χ0v) is 15.1. The molecule has 0 radical (unpaired) electrons. The minimum Gasteiger partial charge on any atom is -0.382 e. The second kappa shape index (κ2) is 8.30. The highest BCUT2D eigenvalue weighted by atomic mass is 32.2. The molecule has 2 unspecified atom stereocenters. The van der Waals surface area contributed by atoms with Gasteiger partial charge >= 0.3 is 0 Å². The van der Waals surface area contributed by atoms with E-state index in [4.69, 9.17) is 14.5 Å². The van der Waals surface area contributed by atoms with Gasteiger partial charge in [-0.15, -0.1) is 0 Å². The molecule has 8 heteroatoms. The number of ether oxygens (including phenoxy) is 2. The first-order chi connectivity index (χ1) is 10.9. The Labute approximate surface area is 139 Å². The summed E-state index contributed by atoms with van der Waals surface area (Å²) < 4.78 is 34.0. The summed E-state index contributed by atoms with van der Waals surface area (Å²) in [7, 11) is -1.18. The van der Waals surface area contributed by atoms with Gasteiger partial charge in [0, 0.05) is 32.8 Å². The first kappa shape index (κ1) is 18.5. The van der Waals surface area contributed by atoms with Crippen LogP contribution in [0, 0.1) is 5.92 Å². The Hall–Kier alpha value is -0.860. The smallest absolute Gasteiger partial charge is 0.194 e. The minimum absolute atomic E-state index is 0.0415. The lowest BCUT2D eigenvalue weighted by molar-refractivity contribution is -0.0448. The standard InChI is InChI=1S/C15H29N3O4S/c1-12(2)17-15(16-8-13-4-7-23(19,20)11-13)18-5-6-22-14(9-18)10-21-3/h12-14H,4-11H2,1-3H3,(H,16,17). The molecule has 0 aromatic carbocycles. The van der Waals surface area contributed by atoms with Gasteiger partial charge in [-0.2, -0.15) is 0 Å². The fourth-order valence-electron chi connectivity index (χ4n) is 2.93. The molecule has 0 aliphatic carbocycles. The summed E-state index contributed by atoms with van der Waals surface area (Å²) >= 11 is 0. The van der Waals surface area contributed by atoms with Gasteiger partial charge in [-0.3, -0.25) is 4.99 Å². The molecule has 2 heterocycles. The van der Waals surface area contributed by atoms with Crippen molar-refractivity contribution in [1.82, 2.24) is 10.2 Å². The van der Waals surface area contributed by atoms with Crippen LogP contribution in [0.3, 0.4) is 0 Å². The summed E-state index contributed by atoms with van der Waals surface area (Å²) in [5, 5.41) is 3.39. The van der Waals surface area contributed by atoms with Gasteiger partial charge < -0.3 is 19.7 Å². The molecule has 2 saturated heterocycles. The number of guanidine groups is 1. The van der Waals surface area contributed by atoms with Crippen LogP contribution in [0.2, 0.25) is 0 Å². The molecule has 2 rings (SSSR count). The average molecular weight is 347 g/mol. The van der Waals surface area contributed by atoms with Crippen LogP contribution in [0.25, 0.3) is 0 Å². The minimum atomic E-state index is -2.85. The zero-order valence-electron chi connectivity index (χ0n) is 14.3. The summed E-state index contributed by atoms with van der Waals surface area (Å²) in [5.41, 5.74) is 0. The van der Waals surface area contributed by atoms with E-state index in [0.717, 1.165) is 25.5 Å². The highest BCUT2D eigenvalue weighted by Gasteiger charge is 2.28. The fourth-order valence-corrected chi connectivity index (χ4v) is 4.77. The summed E-state index contributed by atoms with van der Waals surface area (Å²) in [5.74, 6) is 1.54. The second-order valence-electron chi connectivity index (χ2n) is 6.63. The van der Waals surface area contributed by atoms with Gasteiger partial charge in [0.15, 0.2) is 15.8 Å². The van der Waals surface area contributed by atoms with Crippen LogP contribution in [0.1, 0.15) is 20.3 Å². The summed E-state index contributed by atoms with van der Waals surface area (Å²) in [6.07, 6.45) is 0.760. The predicted octanol–water partition coefficient (Wildman–Crippen LogP) is 0.122. The van der Waals surface area contributed by atoms with Crippen molar-refractivity contribution in [3.63, 3.8) is 0 Å². The number of hydrogen-bond donors (Lipinski definition) is 1. The molecule has 0 amide bonds. The molecule has 0 spiro atoms. The molecule has 1 N–H and O–H groups in total. The highest BCUT2D eigenvalue weighted by Crippen LogP contribution is 2.18. The third-order valence-electron chi connectivity index (χ3n) is 4.03. The molecule has 2 aliphatic heterocycles. The molecule has 0 saturated carbocycles. The largest absolute Gasteiger partial charge is 0.382 e.